The van der Waals surface area contributed by atoms with Crippen molar-refractivity contribution in [2.24, 2.45) is 0 Å². The number of hydrogen-bond acceptors (Lipinski definition) is 7. The van der Waals surface area contributed by atoms with Crippen LogP contribution in [0.3, 0.4) is 0 Å². The summed E-state index contributed by atoms with van der Waals surface area (Å²) in [6.45, 7) is 3.88. The van der Waals surface area contributed by atoms with Gasteiger partial charge < -0.3 is 14.8 Å². The highest BCUT2D eigenvalue weighted by Crippen LogP contribution is 2.38. The molecular formula is C25H19N3O6. The molecule has 0 aromatic heterocycles. The zero-order valence-electron chi connectivity index (χ0n) is 18.3. The molecule has 0 aliphatic carbocycles. The van der Waals surface area contributed by atoms with E-state index in [0.29, 0.717) is 28.4 Å². The smallest absolute Gasteiger partial charge is 0.282 e. The molecule has 5 rings (SSSR count). The lowest BCUT2D eigenvalue weighted by Crippen LogP contribution is -2.32. The summed E-state index contributed by atoms with van der Waals surface area (Å²) in [5.41, 5.74) is 3.26. The van der Waals surface area contributed by atoms with Gasteiger partial charge in [0.2, 0.25) is 6.79 Å². The van der Waals surface area contributed by atoms with Crippen LogP contribution in [0, 0.1) is 24.0 Å². The van der Waals surface area contributed by atoms with Gasteiger partial charge >= 0.3 is 0 Å². The van der Waals surface area contributed by atoms with E-state index in [2.05, 4.69) is 5.32 Å². The molecule has 34 heavy (non-hydrogen) atoms. The number of benzene rings is 3. The van der Waals surface area contributed by atoms with Crippen molar-refractivity contribution >= 4 is 34.4 Å². The third kappa shape index (κ3) is 3.62. The van der Waals surface area contributed by atoms with Gasteiger partial charge in [-0.3, -0.25) is 19.7 Å². The van der Waals surface area contributed by atoms with Gasteiger partial charge in [0.25, 0.3) is 17.5 Å². The van der Waals surface area contributed by atoms with Crippen molar-refractivity contribution < 1.29 is 24.0 Å². The summed E-state index contributed by atoms with van der Waals surface area (Å²) in [5.74, 6) is 0.0550. The maximum atomic E-state index is 13.6. The Hall–Kier alpha value is -4.66. The number of aryl methyl sites for hydroxylation is 2. The largest absolute Gasteiger partial charge is 0.454 e. The number of amides is 2. The number of hydrogen-bond donors (Lipinski definition) is 1. The van der Waals surface area contributed by atoms with Crippen LogP contribution in [-0.4, -0.2) is 23.5 Å². The van der Waals surface area contributed by atoms with Crippen LogP contribution < -0.4 is 19.7 Å². The van der Waals surface area contributed by atoms with Crippen LogP contribution in [0.5, 0.6) is 11.5 Å². The Morgan fingerprint density at radius 2 is 1.56 bits per heavy atom. The molecule has 0 fully saturated rings. The Labute approximate surface area is 194 Å². The molecule has 0 atom stereocenters. The second-order valence-electron chi connectivity index (χ2n) is 8.04. The van der Waals surface area contributed by atoms with Crippen molar-refractivity contribution in [2.45, 2.75) is 13.8 Å². The van der Waals surface area contributed by atoms with E-state index in [4.69, 9.17) is 9.47 Å². The number of carbonyl (C=O) groups excluding carboxylic acids is 2. The van der Waals surface area contributed by atoms with Gasteiger partial charge in [-0.1, -0.05) is 6.07 Å². The Morgan fingerprint density at radius 1 is 0.882 bits per heavy atom. The molecule has 170 valence electrons. The fourth-order valence-corrected chi connectivity index (χ4v) is 4.10. The molecule has 0 unspecified atom stereocenters. The zero-order valence-corrected chi connectivity index (χ0v) is 18.3. The molecule has 0 saturated heterocycles. The monoisotopic (exact) mass is 457 g/mol. The molecule has 2 heterocycles. The van der Waals surface area contributed by atoms with Crippen LogP contribution in [0.1, 0.15) is 16.7 Å². The number of nitrogens with zero attached hydrogens (tertiary/aromatic N) is 2. The summed E-state index contributed by atoms with van der Waals surface area (Å²) in [4.78, 5) is 38.8. The SMILES string of the molecule is Cc1cc(C)cc(N2C(=O)C(Nc3ccc4c(c3)OCO4)=C(c3ccc([N+](=O)[O-])cc3)C2=O)c1. The van der Waals surface area contributed by atoms with Crippen LogP contribution >= 0.6 is 0 Å². The second kappa shape index (κ2) is 8.04. The van der Waals surface area contributed by atoms with Crippen molar-refractivity contribution in [3.05, 3.63) is 93.2 Å². The molecule has 3 aromatic carbocycles. The highest BCUT2D eigenvalue weighted by atomic mass is 16.7. The molecule has 3 aromatic rings. The van der Waals surface area contributed by atoms with Crippen LogP contribution in [0.4, 0.5) is 17.1 Å². The number of nitro benzene ring substituents is 1. The van der Waals surface area contributed by atoms with E-state index >= 15 is 0 Å². The average molecular weight is 457 g/mol. The molecular weight excluding hydrogens is 438 g/mol. The lowest BCUT2D eigenvalue weighted by atomic mass is 10.0. The van der Waals surface area contributed by atoms with Crippen LogP contribution in [-0.2, 0) is 9.59 Å². The molecule has 2 aliphatic rings. The number of non-ortho nitro benzene ring substituents is 1. The summed E-state index contributed by atoms with van der Waals surface area (Å²) in [6, 6.07) is 16.1. The third-order valence-electron chi connectivity index (χ3n) is 5.56. The first-order chi connectivity index (χ1) is 16.3. The summed E-state index contributed by atoms with van der Waals surface area (Å²) >= 11 is 0. The van der Waals surface area contributed by atoms with Gasteiger partial charge in [0.1, 0.15) is 5.70 Å². The molecule has 0 bridgehead atoms. The third-order valence-corrected chi connectivity index (χ3v) is 5.56. The number of ether oxygens (including phenoxy) is 2. The first-order valence-electron chi connectivity index (χ1n) is 10.4. The molecule has 2 aliphatic heterocycles. The van der Waals surface area contributed by atoms with E-state index in [-0.39, 0.29) is 23.8 Å². The summed E-state index contributed by atoms with van der Waals surface area (Å²) in [7, 11) is 0. The van der Waals surface area contributed by atoms with Gasteiger partial charge in [-0.05, 0) is 66.9 Å². The second-order valence-corrected chi connectivity index (χ2v) is 8.04. The Kier molecular flexibility index (Phi) is 5.01. The lowest BCUT2D eigenvalue weighted by molar-refractivity contribution is -0.384. The van der Waals surface area contributed by atoms with E-state index in [0.717, 1.165) is 16.0 Å². The summed E-state index contributed by atoms with van der Waals surface area (Å²) in [6.07, 6.45) is 0. The number of anilines is 2. The van der Waals surface area contributed by atoms with Crippen molar-refractivity contribution in [1.82, 2.24) is 0 Å². The number of nitrogens with one attached hydrogen (secondary N) is 1. The maximum absolute atomic E-state index is 13.6. The topological polar surface area (TPSA) is 111 Å². The molecule has 0 radical (unpaired) electrons. The normalized spacial score (nSPS) is 14.7. The van der Waals surface area contributed by atoms with Crippen LogP contribution in [0.25, 0.3) is 5.57 Å². The van der Waals surface area contributed by atoms with Crippen molar-refractivity contribution in [3.63, 3.8) is 0 Å². The van der Waals surface area contributed by atoms with Gasteiger partial charge in [0.05, 0.1) is 16.2 Å². The lowest BCUT2D eigenvalue weighted by Gasteiger charge is -2.17. The highest BCUT2D eigenvalue weighted by Gasteiger charge is 2.40. The van der Waals surface area contributed by atoms with Gasteiger partial charge in [0.15, 0.2) is 11.5 Å². The summed E-state index contributed by atoms with van der Waals surface area (Å²) < 4.78 is 10.7. The zero-order chi connectivity index (χ0) is 24.0. The van der Waals surface area contributed by atoms with Crippen molar-refractivity contribution in [3.8, 4) is 11.5 Å². The highest BCUT2D eigenvalue weighted by molar-refractivity contribution is 6.46. The molecule has 9 nitrogen and oxygen atoms in total. The molecule has 2 amide bonds. The van der Waals surface area contributed by atoms with Crippen LogP contribution in [0.2, 0.25) is 0 Å². The fraction of sp³-hybridized carbons (Fsp3) is 0.120. The fourth-order valence-electron chi connectivity index (χ4n) is 4.10. The van der Waals surface area contributed by atoms with Gasteiger partial charge in [0, 0.05) is 23.9 Å². The predicted octanol–water partition coefficient (Wildman–Crippen LogP) is 4.34. The quantitative estimate of drug-likeness (QED) is 0.345. The molecule has 0 spiro atoms. The minimum absolute atomic E-state index is 0.0666. The van der Waals surface area contributed by atoms with Crippen molar-refractivity contribution in [1.29, 1.82) is 0 Å². The first-order valence-corrected chi connectivity index (χ1v) is 10.4. The van der Waals surface area contributed by atoms with E-state index in [1.54, 1.807) is 30.3 Å². The van der Waals surface area contributed by atoms with Gasteiger partial charge in [-0.15, -0.1) is 0 Å². The number of imide groups is 1. The molecule has 9 heteroatoms. The Morgan fingerprint density at radius 3 is 2.24 bits per heavy atom. The average Bonchev–Trinajstić information content (AvgIpc) is 3.35. The van der Waals surface area contributed by atoms with Crippen molar-refractivity contribution in [2.75, 3.05) is 17.0 Å². The van der Waals surface area contributed by atoms with Gasteiger partial charge in [-0.2, -0.15) is 0 Å². The minimum atomic E-state index is -0.527. The van der Waals surface area contributed by atoms with E-state index in [9.17, 15) is 19.7 Å². The van der Waals surface area contributed by atoms with Crippen LogP contribution in [0.15, 0.2) is 66.4 Å². The Balaban J connectivity index is 1.60. The predicted molar refractivity (Wildman–Crippen MR) is 125 cm³/mol. The molecule has 1 N–H and O–H groups in total. The standard InChI is InChI=1S/C25H19N3O6/c1-14-9-15(2)11-19(10-14)27-24(29)22(16-3-6-18(7-4-16)28(31)32)23(25(27)30)26-17-5-8-20-21(12-17)34-13-33-20/h3-12,26H,13H2,1-2H3. The number of fused-ring (bicyclic) bond motifs is 1. The first kappa shape index (κ1) is 21.2. The number of carbonyl (C=O) groups is 2. The summed E-state index contributed by atoms with van der Waals surface area (Å²) in [5, 5.41) is 14.1. The minimum Gasteiger partial charge on any atom is -0.454 e. The number of rotatable bonds is 5. The maximum Gasteiger partial charge on any atom is 0.282 e. The van der Waals surface area contributed by atoms with E-state index in [1.165, 1.54) is 24.3 Å². The van der Waals surface area contributed by atoms with Gasteiger partial charge in [-0.25, -0.2) is 4.90 Å². The Bertz CT molecular complexity index is 1370. The number of nitro groups is 1. The molecule has 0 saturated carbocycles. The van der Waals surface area contributed by atoms with E-state index < -0.39 is 16.7 Å². The van der Waals surface area contributed by atoms with E-state index in [1.807, 2.05) is 19.9 Å².